The topological polar surface area (TPSA) is 72.9 Å². The van der Waals surface area contributed by atoms with E-state index in [9.17, 15) is 4.79 Å². The van der Waals surface area contributed by atoms with E-state index in [0.717, 1.165) is 10.0 Å². The van der Waals surface area contributed by atoms with Gasteiger partial charge in [0.1, 0.15) is 0 Å². The van der Waals surface area contributed by atoms with E-state index >= 15 is 0 Å². The van der Waals surface area contributed by atoms with Gasteiger partial charge in [-0.25, -0.2) is 0 Å². The lowest BCUT2D eigenvalue weighted by atomic mass is 10.2. The molecule has 0 aliphatic rings. The smallest absolute Gasteiger partial charge is 0.278 e. The van der Waals surface area contributed by atoms with E-state index in [4.69, 9.17) is 5.73 Å². The molecule has 0 aliphatic heterocycles. The van der Waals surface area contributed by atoms with Crippen molar-refractivity contribution in [2.45, 2.75) is 20.4 Å². The van der Waals surface area contributed by atoms with Crippen molar-refractivity contribution in [3.05, 3.63) is 40.1 Å². The number of halogens is 1. The van der Waals surface area contributed by atoms with E-state index in [1.807, 2.05) is 32.0 Å². The van der Waals surface area contributed by atoms with Crippen molar-refractivity contribution in [1.82, 2.24) is 9.78 Å². The summed E-state index contributed by atoms with van der Waals surface area (Å²) in [7, 11) is 0. The molecule has 5 nitrogen and oxygen atoms in total. The largest absolute Gasteiger partial charge is 0.396 e. The van der Waals surface area contributed by atoms with Crippen molar-refractivity contribution < 1.29 is 4.79 Å². The maximum atomic E-state index is 12.1. The van der Waals surface area contributed by atoms with Gasteiger partial charge in [-0.1, -0.05) is 6.07 Å². The van der Waals surface area contributed by atoms with Gasteiger partial charge in [-0.05, 0) is 47.5 Å². The molecule has 0 bridgehead atoms. The Bertz CT molecular complexity index is 621. The van der Waals surface area contributed by atoms with Crippen LogP contribution in [0.5, 0.6) is 0 Å². The average molecular weight is 323 g/mol. The summed E-state index contributed by atoms with van der Waals surface area (Å²) in [5.74, 6) is -0.309. The van der Waals surface area contributed by atoms with Gasteiger partial charge in [0.2, 0.25) is 0 Å². The Morgan fingerprint density at radius 1 is 1.53 bits per heavy atom. The number of amides is 1. The lowest BCUT2D eigenvalue weighted by Crippen LogP contribution is -2.15. The van der Waals surface area contributed by atoms with Crippen LogP contribution in [0.1, 0.15) is 23.0 Å². The first-order chi connectivity index (χ1) is 9.01. The second-order valence-electron chi connectivity index (χ2n) is 4.23. The normalized spacial score (nSPS) is 10.5. The molecule has 0 saturated carbocycles. The number of benzene rings is 1. The van der Waals surface area contributed by atoms with Crippen molar-refractivity contribution in [1.29, 1.82) is 0 Å². The van der Waals surface area contributed by atoms with Gasteiger partial charge < -0.3 is 11.1 Å². The zero-order valence-corrected chi connectivity index (χ0v) is 12.4. The molecule has 2 rings (SSSR count). The SMILES string of the molecule is CCn1cc(N)c(C(=O)Nc2cc(C)ccc2Br)n1. The van der Waals surface area contributed by atoms with Gasteiger partial charge in [0, 0.05) is 17.2 Å². The summed E-state index contributed by atoms with van der Waals surface area (Å²) < 4.78 is 2.45. The molecule has 1 heterocycles. The molecule has 0 aliphatic carbocycles. The Morgan fingerprint density at radius 2 is 2.26 bits per heavy atom. The van der Waals surface area contributed by atoms with Crippen molar-refractivity contribution in [2.24, 2.45) is 0 Å². The molecular formula is C13H15BrN4O. The van der Waals surface area contributed by atoms with Crippen LogP contribution < -0.4 is 11.1 Å². The second-order valence-corrected chi connectivity index (χ2v) is 5.08. The number of anilines is 2. The quantitative estimate of drug-likeness (QED) is 0.912. The van der Waals surface area contributed by atoms with Gasteiger partial charge in [0.15, 0.2) is 5.69 Å². The van der Waals surface area contributed by atoms with Crippen molar-refractivity contribution >= 4 is 33.2 Å². The Balaban J connectivity index is 2.25. The molecule has 3 N–H and O–H groups in total. The highest BCUT2D eigenvalue weighted by molar-refractivity contribution is 9.10. The van der Waals surface area contributed by atoms with Crippen LogP contribution in [-0.2, 0) is 6.54 Å². The van der Waals surface area contributed by atoms with E-state index in [-0.39, 0.29) is 11.6 Å². The number of nitrogens with one attached hydrogen (secondary N) is 1. The van der Waals surface area contributed by atoms with Gasteiger partial charge in [-0.15, -0.1) is 0 Å². The zero-order chi connectivity index (χ0) is 14.0. The molecule has 0 saturated heterocycles. The first-order valence-electron chi connectivity index (χ1n) is 5.91. The van der Waals surface area contributed by atoms with Crippen LogP contribution in [0.2, 0.25) is 0 Å². The van der Waals surface area contributed by atoms with Gasteiger partial charge in [-0.3, -0.25) is 9.48 Å². The van der Waals surface area contributed by atoms with Crippen LogP contribution in [-0.4, -0.2) is 15.7 Å². The van der Waals surface area contributed by atoms with Crippen molar-refractivity contribution in [3.8, 4) is 0 Å². The van der Waals surface area contributed by atoms with Crippen LogP contribution in [0.25, 0.3) is 0 Å². The van der Waals surface area contributed by atoms with Crippen molar-refractivity contribution in [2.75, 3.05) is 11.1 Å². The molecule has 1 aromatic carbocycles. The number of aryl methyl sites for hydroxylation is 2. The highest BCUT2D eigenvalue weighted by Crippen LogP contribution is 2.24. The fraction of sp³-hybridized carbons (Fsp3) is 0.231. The number of carbonyl (C=O) groups is 1. The van der Waals surface area contributed by atoms with Crippen LogP contribution in [0, 0.1) is 6.92 Å². The fourth-order valence-corrected chi connectivity index (χ4v) is 2.04. The summed E-state index contributed by atoms with van der Waals surface area (Å²) >= 11 is 3.40. The number of nitrogen functional groups attached to an aromatic ring is 1. The number of rotatable bonds is 3. The Hall–Kier alpha value is -1.82. The first kappa shape index (κ1) is 13.6. The molecule has 100 valence electrons. The van der Waals surface area contributed by atoms with E-state index < -0.39 is 0 Å². The van der Waals surface area contributed by atoms with Gasteiger partial charge >= 0.3 is 0 Å². The third-order valence-electron chi connectivity index (χ3n) is 2.70. The minimum atomic E-state index is -0.309. The third kappa shape index (κ3) is 2.96. The minimum absolute atomic E-state index is 0.246. The van der Waals surface area contributed by atoms with Crippen LogP contribution >= 0.6 is 15.9 Å². The predicted molar refractivity (Wildman–Crippen MR) is 79.1 cm³/mol. The summed E-state index contributed by atoms with van der Waals surface area (Å²) in [5.41, 5.74) is 8.17. The number of carbonyl (C=O) groups excluding carboxylic acids is 1. The highest BCUT2D eigenvalue weighted by atomic mass is 79.9. The lowest BCUT2D eigenvalue weighted by molar-refractivity contribution is 0.102. The number of hydrogen-bond donors (Lipinski definition) is 2. The van der Waals surface area contributed by atoms with E-state index in [0.29, 0.717) is 17.9 Å². The molecule has 1 amide bonds. The van der Waals surface area contributed by atoms with E-state index in [2.05, 4.69) is 26.3 Å². The maximum Gasteiger partial charge on any atom is 0.278 e. The summed E-state index contributed by atoms with van der Waals surface area (Å²) in [6, 6.07) is 5.73. The summed E-state index contributed by atoms with van der Waals surface area (Å²) in [5, 5.41) is 6.94. The summed E-state index contributed by atoms with van der Waals surface area (Å²) in [6.45, 7) is 4.57. The molecule has 0 unspecified atom stereocenters. The molecule has 1 aromatic heterocycles. The molecule has 0 radical (unpaired) electrons. The molecule has 19 heavy (non-hydrogen) atoms. The average Bonchev–Trinajstić information content (AvgIpc) is 2.75. The molecule has 0 atom stereocenters. The van der Waals surface area contributed by atoms with Crippen molar-refractivity contribution in [3.63, 3.8) is 0 Å². The number of nitrogens with zero attached hydrogens (tertiary/aromatic N) is 2. The minimum Gasteiger partial charge on any atom is -0.396 e. The monoisotopic (exact) mass is 322 g/mol. The molecule has 0 fully saturated rings. The van der Waals surface area contributed by atoms with Crippen LogP contribution in [0.3, 0.4) is 0 Å². The first-order valence-corrected chi connectivity index (χ1v) is 6.71. The number of hydrogen-bond acceptors (Lipinski definition) is 3. The standard InChI is InChI=1S/C13H15BrN4O/c1-3-18-7-10(15)12(17-18)13(19)16-11-6-8(2)4-5-9(11)14/h4-7H,3,15H2,1-2H3,(H,16,19). The number of aromatic nitrogens is 2. The fourth-order valence-electron chi connectivity index (χ4n) is 1.69. The molecule has 2 aromatic rings. The molecule has 0 spiro atoms. The van der Waals surface area contributed by atoms with Gasteiger partial charge in [0.05, 0.1) is 11.4 Å². The van der Waals surface area contributed by atoms with Gasteiger partial charge in [0.25, 0.3) is 5.91 Å². The highest BCUT2D eigenvalue weighted by Gasteiger charge is 2.15. The number of nitrogens with two attached hydrogens (primary N) is 1. The lowest BCUT2D eigenvalue weighted by Gasteiger charge is -2.07. The predicted octanol–water partition coefficient (Wildman–Crippen LogP) is 2.81. The maximum absolute atomic E-state index is 12.1. The van der Waals surface area contributed by atoms with Gasteiger partial charge in [-0.2, -0.15) is 5.10 Å². The Morgan fingerprint density at radius 3 is 2.89 bits per heavy atom. The molecule has 6 heteroatoms. The van der Waals surface area contributed by atoms with E-state index in [1.165, 1.54) is 0 Å². The third-order valence-corrected chi connectivity index (χ3v) is 3.39. The zero-order valence-electron chi connectivity index (χ0n) is 10.8. The Kier molecular flexibility index (Phi) is 3.90. The summed E-state index contributed by atoms with van der Waals surface area (Å²) in [6.07, 6.45) is 1.65. The Labute approximate surface area is 119 Å². The van der Waals surface area contributed by atoms with Crippen LogP contribution in [0.4, 0.5) is 11.4 Å². The van der Waals surface area contributed by atoms with Crippen LogP contribution in [0.15, 0.2) is 28.9 Å². The van der Waals surface area contributed by atoms with E-state index in [1.54, 1.807) is 10.9 Å². The summed E-state index contributed by atoms with van der Waals surface area (Å²) in [4.78, 5) is 12.1. The second kappa shape index (κ2) is 5.44. The molecular weight excluding hydrogens is 308 g/mol.